The van der Waals surface area contributed by atoms with Crippen molar-refractivity contribution < 1.29 is 9.59 Å². The molecule has 2 fully saturated rings. The highest BCUT2D eigenvalue weighted by Crippen LogP contribution is 2.29. The second-order valence-electron chi connectivity index (χ2n) is 7.18. The molecule has 0 aliphatic carbocycles. The number of carbonyl (C=O) groups excluding carboxylic acids is 2. The molecule has 0 saturated carbocycles. The maximum Gasteiger partial charge on any atom is 0.254 e. The van der Waals surface area contributed by atoms with Gasteiger partial charge in [-0.15, -0.1) is 0 Å². The van der Waals surface area contributed by atoms with Crippen LogP contribution in [0.25, 0.3) is 11.1 Å². The second-order valence-corrected chi connectivity index (χ2v) is 7.18. The summed E-state index contributed by atoms with van der Waals surface area (Å²) in [6.07, 6.45) is 0. The molecule has 6 nitrogen and oxygen atoms in total. The van der Waals surface area contributed by atoms with E-state index >= 15 is 0 Å². The van der Waals surface area contributed by atoms with E-state index in [4.69, 9.17) is 0 Å². The van der Waals surface area contributed by atoms with Gasteiger partial charge in [0.05, 0.1) is 0 Å². The summed E-state index contributed by atoms with van der Waals surface area (Å²) in [5, 5.41) is 6.56. The van der Waals surface area contributed by atoms with E-state index in [0.29, 0.717) is 37.3 Å². The van der Waals surface area contributed by atoms with Crippen LogP contribution in [-0.2, 0) is 0 Å². The summed E-state index contributed by atoms with van der Waals surface area (Å²) in [6, 6.07) is 15.3. The highest BCUT2D eigenvalue weighted by molar-refractivity contribution is 6.06. The Bertz CT molecular complexity index is 784. The Kier molecular flexibility index (Phi) is 5.69. The molecule has 6 heteroatoms. The van der Waals surface area contributed by atoms with Crippen LogP contribution in [0.15, 0.2) is 48.5 Å². The molecule has 2 saturated heterocycles. The summed E-state index contributed by atoms with van der Waals surface area (Å²) in [6.45, 7) is 6.06. The predicted molar refractivity (Wildman–Crippen MR) is 109 cm³/mol. The molecule has 4 rings (SSSR count). The van der Waals surface area contributed by atoms with Crippen molar-refractivity contribution in [3.05, 3.63) is 59.7 Å². The fourth-order valence-electron chi connectivity index (χ4n) is 3.89. The molecule has 146 valence electrons. The average molecular weight is 378 g/mol. The summed E-state index contributed by atoms with van der Waals surface area (Å²) >= 11 is 0. The van der Waals surface area contributed by atoms with Gasteiger partial charge in [0.2, 0.25) is 0 Å². The molecule has 0 atom stereocenters. The monoisotopic (exact) mass is 378 g/mol. The minimum atomic E-state index is 0.0292. The molecule has 0 spiro atoms. The van der Waals surface area contributed by atoms with Gasteiger partial charge >= 0.3 is 0 Å². The maximum absolute atomic E-state index is 13.2. The van der Waals surface area contributed by atoms with E-state index in [1.165, 1.54) is 0 Å². The Morgan fingerprint density at radius 2 is 0.964 bits per heavy atom. The summed E-state index contributed by atoms with van der Waals surface area (Å²) in [4.78, 5) is 30.1. The molecule has 2 heterocycles. The number of nitrogens with zero attached hydrogens (tertiary/aromatic N) is 2. The molecule has 0 radical (unpaired) electrons. The summed E-state index contributed by atoms with van der Waals surface area (Å²) in [5.74, 6) is 0.0584. The molecule has 2 amide bonds. The molecule has 2 aromatic rings. The Hall–Kier alpha value is -2.70. The first-order valence-corrected chi connectivity index (χ1v) is 9.94. The SMILES string of the molecule is O=C(c1ccccc1-c1ccccc1C(=O)N1CCNCC1)N1CCNCC1. The minimum Gasteiger partial charge on any atom is -0.336 e. The van der Waals surface area contributed by atoms with Crippen LogP contribution in [-0.4, -0.2) is 74.0 Å². The zero-order valence-electron chi connectivity index (χ0n) is 16.0. The fourth-order valence-corrected chi connectivity index (χ4v) is 3.89. The summed E-state index contributed by atoms with van der Waals surface area (Å²) in [7, 11) is 0. The fraction of sp³-hybridized carbons (Fsp3) is 0.364. The third-order valence-corrected chi connectivity index (χ3v) is 5.41. The van der Waals surface area contributed by atoms with Gasteiger partial charge in [-0.2, -0.15) is 0 Å². The number of benzene rings is 2. The molecule has 2 aliphatic rings. The van der Waals surface area contributed by atoms with Crippen molar-refractivity contribution >= 4 is 11.8 Å². The van der Waals surface area contributed by atoms with Gasteiger partial charge in [-0.3, -0.25) is 9.59 Å². The van der Waals surface area contributed by atoms with Crippen LogP contribution in [0.3, 0.4) is 0 Å². The quantitative estimate of drug-likeness (QED) is 0.849. The van der Waals surface area contributed by atoms with E-state index in [0.717, 1.165) is 37.3 Å². The average Bonchev–Trinajstić information content (AvgIpc) is 2.79. The Morgan fingerprint density at radius 3 is 1.36 bits per heavy atom. The van der Waals surface area contributed by atoms with Crippen molar-refractivity contribution in [3.8, 4) is 11.1 Å². The molecule has 2 aromatic carbocycles. The lowest BCUT2D eigenvalue weighted by atomic mass is 9.94. The van der Waals surface area contributed by atoms with Crippen LogP contribution < -0.4 is 10.6 Å². The van der Waals surface area contributed by atoms with Gasteiger partial charge in [-0.1, -0.05) is 36.4 Å². The van der Waals surface area contributed by atoms with Crippen molar-refractivity contribution in [2.75, 3.05) is 52.4 Å². The van der Waals surface area contributed by atoms with Crippen LogP contribution in [0.4, 0.5) is 0 Å². The number of nitrogens with one attached hydrogen (secondary N) is 2. The normalized spacial score (nSPS) is 17.4. The number of carbonyl (C=O) groups is 2. The second kappa shape index (κ2) is 8.54. The van der Waals surface area contributed by atoms with E-state index < -0.39 is 0 Å². The van der Waals surface area contributed by atoms with Gasteiger partial charge < -0.3 is 20.4 Å². The van der Waals surface area contributed by atoms with E-state index in [1.54, 1.807) is 0 Å². The molecule has 0 aromatic heterocycles. The topological polar surface area (TPSA) is 64.7 Å². The number of hydrogen-bond donors (Lipinski definition) is 2. The summed E-state index contributed by atoms with van der Waals surface area (Å²) in [5.41, 5.74) is 2.96. The first-order valence-electron chi connectivity index (χ1n) is 9.94. The summed E-state index contributed by atoms with van der Waals surface area (Å²) < 4.78 is 0. The molecular formula is C22H26N4O2. The standard InChI is InChI=1S/C22H26N4O2/c27-21(25-13-9-23-10-14-25)19-7-3-1-5-17(19)18-6-2-4-8-20(18)22(28)26-15-11-24-12-16-26/h1-8,23-24H,9-16H2. The third kappa shape index (κ3) is 3.79. The number of piperazine rings is 2. The zero-order valence-corrected chi connectivity index (χ0v) is 16.0. The van der Waals surface area contributed by atoms with Crippen molar-refractivity contribution in [1.29, 1.82) is 0 Å². The lowest BCUT2D eigenvalue weighted by molar-refractivity contribution is 0.0727. The molecule has 0 bridgehead atoms. The Balaban J connectivity index is 1.70. The van der Waals surface area contributed by atoms with Crippen LogP contribution in [0.1, 0.15) is 20.7 Å². The molecular weight excluding hydrogens is 352 g/mol. The van der Waals surface area contributed by atoms with Gasteiger partial charge in [-0.05, 0) is 23.3 Å². The molecule has 2 aliphatic heterocycles. The van der Waals surface area contributed by atoms with E-state index in [-0.39, 0.29) is 11.8 Å². The smallest absolute Gasteiger partial charge is 0.254 e. The predicted octanol–water partition coefficient (Wildman–Crippen LogP) is 1.44. The highest BCUT2D eigenvalue weighted by atomic mass is 16.2. The molecule has 0 unspecified atom stereocenters. The van der Waals surface area contributed by atoms with Gasteiger partial charge in [0.25, 0.3) is 11.8 Å². The van der Waals surface area contributed by atoms with E-state index in [1.807, 2.05) is 58.3 Å². The van der Waals surface area contributed by atoms with Crippen LogP contribution in [0.5, 0.6) is 0 Å². The zero-order chi connectivity index (χ0) is 19.3. The lowest BCUT2D eigenvalue weighted by Crippen LogP contribution is -2.46. The van der Waals surface area contributed by atoms with Crippen molar-refractivity contribution in [1.82, 2.24) is 20.4 Å². The Labute approximate surface area is 165 Å². The van der Waals surface area contributed by atoms with E-state index in [9.17, 15) is 9.59 Å². The number of hydrogen-bond acceptors (Lipinski definition) is 4. The minimum absolute atomic E-state index is 0.0292. The van der Waals surface area contributed by atoms with Gasteiger partial charge in [0.1, 0.15) is 0 Å². The highest BCUT2D eigenvalue weighted by Gasteiger charge is 2.25. The van der Waals surface area contributed by atoms with Crippen LogP contribution in [0.2, 0.25) is 0 Å². The lowest BCUT2D eigenvalue weighted by Gasteiger charge is -2.29. The van der Waals surface area contributed by atoms with Gasteiger partial charge in [0, 0.05) is 63.5 Å². The maximum atomic E-state index is 13.2. The van der Waals surface area contributed by atoms with Crippen LogP contribution in [0, 0.1) is 0 Å². The van der Waals surface area contributed by atoms with Gasteiger partial charge in [0.15, 0.2) is 0 Å². The Morgan fingerprint density at radius 1 is 0.607 bits per heavy atom. The number of rotatable bonds is 3. The molecule has 28 heavy (non-hydrogen) atoms. The first-order chi connectivity index (χ1) is 13.8. The third-order valence-electron chi connectivity index (χ3n) is 5.41. The first kappa shape index (κ1) is 18.7. The van der Waals surface area contributed by atoms with Crippen molar-refractivity contribution in [2.24, 2.45) is 0 Å². The number of amides is 2. The largest absolute Gasteiger partial charge is 0.336 e. The van der Waals surface area contributed by atoms with Crippen molar-refractivity contribution in [3.63, 3.8) is 0 Å². The molecule has 2 N–H and O–H groups in total. The van der Waals surface area contributed by atoms with Crippen LogP contribution >= 0.6 is 0 Å². The van der Waals surface area contributed by atoms with Gasteiger partial charge in [-0.25, -0.2) is 0 Å². The van der Waals surface area contributed by atoms with E-state index in [2.05, 4.69) is 10.6 Å². The van der Waals surface area contributed by atoms with Crippen molar-refractivity contribution in [2.45, 2.75) is 0 Å².